The summed E-state index contributed by atoms with van der Waals surface area (Å²) in [6.07, 6.45) is 4.90. The summed E-state index contributed by atoms with van der Waals surface area (Å²) in [5.74, 6) is 0. The molecule has 3 rings (SSSR count). The van der Waals surface area contributed by atoms with Gasteiger partial charge < -0.3 is 4.57 Å². The van der Waals surface area contributed by atoms with Crippen molar-refractivity contribution in [2.24, 2.45) is 0 Å². The molecule has 0 atom stereocenters. The van der Waals surface area contributed by atoms with Crippen LogP contribution >= 0.6 is 0 Å². The molecule has 0 radical (unpaired) electrons. The van der Waals surface area contributed by atoms with Crippen LogP contribution in [0.2, 0.25) is 0 Å². The summed E-state index contributed by atoms with van der Waals surface area (Å²) >= 11 is 0. The summed E-state index contributed by atoms with van der Waals surface area (Å²) in [6, 6.07) is 12.3. The maximum atomic E-state index is 12.7. The van der Waals surface area contributed by atoms with Crippen LogP contribution in [0.5, 0.6) is 0 Å². The van der Waals surface area contributed by atoms with Crippen molar-refractivity contribution in [3.05, 3.63) is 77.0 Å². The summed E-state index contributed by atoms with van der Waals surface area (Å²) in [7, 11) is -3.62. The first-order chi connectivity index (χ1) is 13.0. The van der Waals surface area contributed by atoms with Crippen LogP contribution in [0.4, 0.5) is 0 Å². The Kier molecular flexibility index (Phi) is 5.57. The van der Waals surface area contributed by atoms with Crippen molar-refractivity contribution < 1.29 is 8.42 Å². The third-order valence-electron chi connectivity index (χ3n) is 4.31. The lowest BCUT2D eigenvalue weighted by Gasteiger charge is -2.18. The van der Waals surface area contributed by atoms with E-state index in [1.165, 1.54) is 27.2 Å². The summed E-state index contributed by atoms with van der Waals surface area (Å²) < 4.78 is 29.9. The van der Waals surface area contributed by atoms with Gasteiger partial charge in [0.15, 0.2) is 0 Å². The largest absolute Gasteiger partial charge is 0.310 e. The summed E-state index contributed by atoms with van der Waals surface area (Å²) in [5, 5.41) is 4.31. The van der Waals surface area contributed by atoms with Gasteiger partial charge >= 0.3 is 0 Å². The molecule has 0 N–H and O–H groups in total. The van der Waals surface area contributed by atoms with Gasteiger partial charge in [-0.1, -0.05) is 32.0 Å². The number of para-hydroxylation sites is 1. The zero-order valence-electron chi connectivity index (χ0n) is 15.3. The third-order valence-corrected chi connectivity index (χ3v) is 6.34. The highest BCUT2D eigenvalue weighted by molar-refractivity contribution is 7.89. The van der Waals surface area contributed by atoms with Gasteiger partial charge in [-0.2, -0.15) is 9.40 Å². The van der Waals surface area contributed by atoms with Crippen LogP contribution in [0.1, 0.15) is 19.4 Å². The van der Waals surface area contributed by atoms with Gasteiger partial charge in [-0.15, -0.1) is 0 Å². The number of hydrogen-bond acceptors (Lipinski definition) is 4. The smallest absolute Gasteiger partial charge is 0.250 e. The number of rotatable bonds is 7. The number of sulfonamides is 1. The van der Waals surface area contributed by atoms with Gasteiger partial charge in [0.05, 0.1) is 23.3 Å². The van der Waals surface area contributed by atoms with E-state index in [0.29, 0.717) is 13.1 Å². The van der Waals surface area contributed by atoms with Gasteiger partial charge in [0.25, 0.3) is 5.56 Å². The number of pyridine rings is 1. The zero-order chi connectivity index (χ0) is 19.4. The molecule has 1 aromatic carbocycles. The van der Waals surface area contributed by atoms with E-state index < -0.39 is 10.0 Å². The fourth-order valence-corrected chi connectivity index (χ4v) is 4.34. The van der Waals surface area contributed by atoms with Gasteiger partial charge in [0.2, 0.25) is 10.0 Å². The average Bonchev–Trinajstić information content (AvgIpc) is 3.13. The lowest BCUT2D eigenvalue weighted by atomic mass is 10.3. The number of aromatic nitrogens is 3. The number of hydrogen-bond donors (Lipinski definition) is 0. The van der Waals surface area contributed by atoms with Gasteiger partial charge in [0.1, 0.15) is 0 Å². The molecule has 0 amide bonds. The second kappa shape index (κ2) is 7.89. The molecular weight excluding hydrogens is 364 g/mol. The van der Waals surface area contributed by atoms with Crippen LogP contribution in [0.3, 0.4) is 0 Å². The molecule has 0 fully saturated rings. The van der Waals surface area contributed by atoms with Crippen molar-refractivity contribution in [1.82, 2.24) is 18.7 Å². The molecule has 0 unspecified atom stereocenters. The Morgan fingerprint density at radius 1 is 1.00 bits per heavy atom. The van der Waals surface area contributed by atoms with E-state index in [2.05, 4.69) is 5.10 Å². The second-order valence-corrected chi connectivity index (χ2v) is 7.99. The first-order valence-electron chi connectivity index (χ1n) is 8.75. The summed E-state index contributed by atoms with van der Waals surface area (Å²) in [4.78, 5) is 12.3. The minimum absolute atomic E-state index is 0.112. The summed E-state index contributed by atoms with van der Waals surface area (Å²) in [5.41, 5.74) is 1.45. The van der Waals surface area contributed by atoms with E-state index in [1.807, 2.05) is 36.5 Å². The van der Waals surface area contributed by atoms with Gasteiger partial charge in [-0.05, 0) is 18.2 Å². The van der Waals surface area contributed by atoms with Crippen LogP contribution in [-0.2, 0) is 16.6 Å². The van der Waals surface area contributed by atoms with Gasteiger partial charge in [-0.3, -0.25) is 4.79 Å². The highest BCUT2D eigenvalue weighted by Gasteiger charge is 2.22. The molecule has 0 saturated carbocycles. The predicted molar refractivity (Wildman–Crippen MR) is 103 cm³/mol. The second-order valence-electron chi connectivity index (χ2n) is 6.05. The lowest BCUT2D eigenvalue weighted by Crippen LogP contribution is -2.32. The number of nitrogens with zero attached hydrogens (tertiary/aromatic N) is 4. The Labute approximate surface area is 158 Å². The van der Waals surface area contributed by atoms with E-state index >= 15 is 0 Å². The quantitative estimate of drug-likeness (QED) is 0.623. The maximum Gasteiger partial charge on any atom is 0.250 e. The van der Waals surface area contributed by atoms with Crippen molar-refractivity contribution in [1.29, 1.82) is 0 Å². The SMILES string of the molecule is CCN(CC)S(=O)(=O)c1ccc(=O)n(Cc2cnn(-c3ccccc3)c2)c1. The standard InChI is InChI=1S/C19H22N4O3S/c1-3-22(4-2)27(25,26)18-10-11-19(24)21(15-18)13-16-12-20-23(14-16)17-8-6-5-7-9-17/h5-12,14-15H,3-4,13H2,1-2H3. The van der Waals surface area contributed by atoms with Gasteiger partial charge in [0, 0.05) is 37.1 Å². The Bertz CT molecular complexity index is 1070. The molecular formula is C19H22N4O3S. The van der Waals surface area contributed by atoms with Crippen LogP contribution in [0, 0.1) is 0 Å². The minimum atomic E-state index is -3.62. The molecule has 0 aliphatic heterocycles. The van der Waals surface area contributed by atoms with Gasteiger partial charge in [-0.25, -0.2) is 13.1 Å². The molecule has 0 bridgehead atoms. The molecule has 0 aliphatic rings. The van der Waals surface area contributed by atoms with E-state index in [1.54, 1.807) is 24.7 Å². The summed E-state index contributed by atoms with van der Waals surface area (Å²) in [6.45, 7) is 4.57. The molecule has 7 nitrogen and oxygen atoms in total. The Balaban J connectivity index is 1.90. The molecule has 2 aromatic heterocycles. The lowest BCUT2D eigenvalue weighted by molar-refractivity contribution is 0.444. The van der Waals surface area contributed by atoms with E-state index in [4.69, 9.17) is 0 Å². The van der Waals surface area contributed by atoms with Crippen LogP contribution in [0.15, 0.2) is 70.7 Å². The average molecular weight is 386 g/mol. The van der Waals surface area contributed by atoms with Crippen LogP contribution in [-0.4, -0.2) is 40.2 Å². The minimum Gasteiger partial charge on any atom is -0.310 e. The molecule has 3 aromatic rings. The van der Waals surface area contributed by atoms with E-state index in [9.17, 15) is 13.2 Å². The van der Waals surface area contributed by atoms with Crippen molar-refractivity contribution >= 4 is 10.0 Å². The molecule has 0 saturated heterocycles. The normalized spacial score (nSPS) is 11.8. The molecule has 8 heteroatoms. The van der Waals surface area contributed by atoms with Crippen LogP contribution < -0.4 is 5.56 Å². The van der Waals surface area contributed by atoms with Crippen molar-refractivity contribution in [2.45, 2.75) is 25.3 Å². The molecule has 0 aliphatic carbocycles. The highest BCUT2D eigenvalue weighted by atomic mass is 32.2. The van der Waals surface area contributed by atoms with Crippen molar-refractivity contribution in [3.8, 4) is 5.69 Å². The predicted octanol–water partition coefficient (Wildman–Crippen LogP) is 2.11. The number of benzene rings is 1. The molecule has 142 valence electrons. The first kappa shape index (κ1) is 19.1. The zero-order valence-corrected chi connectivity index (χ0v) is 16.1. The van der Waals surface area contributed by atoms with Crippen molar-refractivity contribution in [3.63, 3.8) is 0 Å². The first-order valence-corrected chi connectivity index (χ1v) is 10.2. The fourth-order valence-electron chi connectivity index (χ4n) is 2.86. The van der Waals surface area contributed by atoms with Crippen LogP contribution in [0.25, 0.3) is 5.69 Å². The third kappa shape index (κ3) is 4.01. The topological polar surface area (TPSA) is 77.2 Å². The Hall–Kier alpha value is -2.71. The molecule has 27 heavy (non-hydrogen) atoms. The Morgan fingerprint density at radius 2 is 1.70 bits per heavy atom. The van der Waals surface area contributed by atoms with E-state index in [0.717, 1.165) is 11.3 Å². The Morgan fingerprint density at radius 3 is 2.37 bits per heavy atom. The molecule has 0 spiro atoms. The highest BCUT2D eigenvalue weighted by Crippen LogP contribution is 2.14. The van der Waals surface area contributed by atoms with E-state index in [-0.39, 0.29) is 17.0 Å². The maximum absolute atomic E-state index is 12.7. The fraction of sp³-hybridized carbons (Fsp3) is 0.263. The van der Waals surface area contributed by atoms with Crippen molar-refractivity contribution in [2.75, 3.05) is 13.1 Å². The molecule has 2 heterocycles. The monoisotopic (exact) mass is 386 g/mol.